The van der Waals surface area contributed by atoms with Gasteiger partial charge in [-0.05, 0) is 87.0 Å². The van der Waals surface area contributed by atoms with E-state index in [1.807, 2.05) is 42.7 Å². The van der Waals surface area contributed by atoms with Crippen molar-refractivity contribution in [2.45, 2.75) is 20.8 Å². The van der Waals surface area contributed by atoms with Gasteiger partial charge in [0.1, 0.15) is 17.5 Å². The quantitative estimate of drug-likeness (QED) is 0.340. The maximum absolute atomic E-state index is 13.1. The van der Waals surface area contributed by atoms with Gasteiger partial charge < -0.3 is 14.6 Å². The van der Waals surface area contributed by atoms with Crippen LogP contribution in [0.1, 0.15) is 34.2 Å². The Morgan fingerprint density at radius 2 is 1.78 bits per heavy atom. The lowest BCUT2D eigenvalue weighted by molar-refractivity contribution is -0.112. The van der Waals surface area contributed by atoms with E-state index in [1.54, 1.807) is 19.1 Å². The fraction of sp³-hybridized carbons (Fsp3) is 0.160. The van der Waals surface area contributed by atoms with Crippen molar-refractivity contribution in [1.82, 2.24) is 4.57 Å². The molecule has 0 fully saturated rings. The topological polar surface area (TPSA) is 84.1 Å². The molecule has 0 aliphatic carbocycles. The molecule has 0 aliphatic heterocycles. The number of esters is 1. The zero-order valence-electron chi connectivity index (χ0n) is 18.0. The van der Waals surface area contributed by atoms with E-state index in [4.69, 9.17) is 4.74 Å². The number of benzene rings is 2. The van der Waals surface area contributed by atoms with Gasteiger partial charge in [0.05, 0.1) is 12.2 Å². The monoisotopic (exact) mass is 431 g/mol. The summed E-state index contributed by atoms with van der Waals surface area (Å²) in [5.74, 6) is -1.38. The lowest BCUT2D eigenvalue weighted by atomic mass is 10.1. The van der Waals surface area contributed by atoms with Gasteiger partial charge in [0.25, 0.3) is 5.91 Å². The Balaban J connectivity index is 1.87. The minimum absolute atomic E-state index is 0.0766. The predicted molar refractivity (Wildman–Crippen MR) is 120 cm³/mol. The van der Waals surface area contributed by atoms with E-state index in [1.165, 1.54) is 30.3 Å². The highest BCUT2D eigenvalue weighted by atomic mass is 19.1. The molecule has 3 aromatic rings. The van der Waals surface area contributed by atoms with Crippen molar-refractivity contribution in [2.24, 2.45) is 0 Å². The van der Waals surface area contributed by atoms with Crippen LogP contribution in [-0.4, -0.2) is 23.1 Å². The van der Waals surface area contributed by atoms with E-state index in [9.17, 15) is 19.2 Å². The van der Waals surface area contributed by atoms with E-state index in [0.717, 1.165) is 17.1 Å². The maximum Gasteiger partial charge on any atom is 0.338 e. The summed E-state index contributed by atoms with van der Waals surface area (Å²) in [5, 5.41) is 12.1. The van der Waals surface area contributed by atoms with Crippen LogP contribution in [0.3, 0.4) is 0 Å². The molecule has 0 saturated carbocycles. The van der Waals surface area contributed by atoms with Gasteiger partial charge in [-0.2, -0.15) is 5.26 Å². The van der Waals surface area contributed by atoms with Crippen molar-refractivity contribution in [2.75, 3.05) is 11.9 Å². The van der Waals surface area contributed by atoms with Gasteiger partial charge in [0.2, 0.25) is 0 Å². The van der Waals surface area contributed by atoms with Crippen molar-refractivity contribution in [3.05, 3.63) is 88.5 Å². The number of ether oxygens (including phenoxy) is 1. The largest absolute Gasteiger partial charge is 0.462 e. The molecule has 0 atom stereocenters. The Labute approximate surface area is 185 Å². The molecule has 0 unspecified atom stereocenters. The van der Waals surface area contributed by atoms with E-state index < -0.39 is 11.7 Å². The molecule has 1 amide bonds. The average molecular weight is 431 g/mol. The molecule has 3 rings (SSSR count). The summed E-state index contributed by atoms with van der Waals surface area (Å²) in [7, 11) is 0. The first-order chi connectivity index (χ1) is 15.3. The molecule has 0 radical (unpaired) electrons. The number of halogens is 1. The predicted octanol–water partition coefficient (Wildman–Crippen LogP) is 4.96. The van der Waals surface area contributed by atoms with Gasteiger partial charge >= 0.3 is 5.97 Å². The lowest BCUT2D eigenvalue weighted by Crippen LogP contribution is -2.13. The van der Waals surface area contributed by atoms with Crippen molar-refractivity contribution in [3.8, 4) is 11.8 Å². The number of carbonyl (C=O) groups is 2. The molecular formula is C25H22FN3O3. The SMILES string of the molecule is CCOC(=O)c1ccc(-n2c(C)cc(C=C(C#N)C(=O)Nc3ccc(F)cc3)c2C)cc1. The van der Waals surface area contributed by atoms with Gasteiger partial charge in [-0.15, -0.1) is 0 Å². The third-order valence-electron chi connectivity index (χ3n) is 4.87. The number of nitrogens with one attached hydrogen (secondary N) is 1. The molecule has 1 heterocycles. The van der Waals surface area contributed by atoms with E-state index in [-0.39, 0.29) is 11.5 Å². The average Bonchev–Trinajstić information content (AvgIpc) is 3.06. The standard InChI is InChI=1S/C25H22FN3O3/c1-4-32-25(31)18-5-11-23(12-6-18)29-16(2)13-19(17(29)3)14-20(15-27)24(30)28-22-9-7-21(26)8-10-22/h5-14H,4H2,1-3H3,(H,28,30). The molecule has 2 aromatic carbocycles. The third-order valence-corrected chi connectivity index (χ3v) is 4.87. The number of aromatic nitrogens is 1. The number of carbonyl (C=O) groups excluding carboxylic acids is 2. The summed E-state index contributed by atoms with van der Waals surface area (Å²) >= 11 is 0. The normalized spacial score (nSPS) is 11.0. The number of hydrogen-bond donors (Lipinski definition) is 1. The van der Waals surface area contributed by atoms with Gasteiger partial charge in [-0.3, -0.25) is 4.79 Å². The number of aryl methyl sites for hydroxylation is 1. The lowest BCUT2D eigenvalue weighted by Gasteiger charge is -2.10. The number of nitrogens with zero attached hydrogens (tertiary/aromatic N) is 2. The van der Waals surface area contributed by atoms with Crippen molar-refractivity contribution < 1.29 is 18.7 Å². The minimum Gasteiger partial charge on any atom is -0.462 e. The summed E-state index contributed by atoms with van der Waals surface area (Å²) in [5.41, 5.74) is 4.05. The number of nitriles is 1. The first-order valence-corrected chi connectivity index (χ1v) is 9.99. The Kier molecular flexibility index (Phi) is 6.86. The molecule has 1 N–H and O–H groups in total. The zero-order valence-corrected chi connectivity index (χ0v) is 18.0. The number of rotatable bonds is 6. The van der Waals surface area contributed by atoms with Crippen LogP contribution in [-0.2, 0) is 9.53 Å². The molecule has 32 heavy (non-hydrogen) atoms. The van der Waals surface area contributed by atoms with Crippen LogP contribution >= 0.6 is 0 Å². The first-order valence-electron chi connectivity index (χ1n) is 9.99. The summed E-state index contributed by atoms with van der Waals surface area (Å²) in [6, 6.07) is 16.1. The summed E-state index contributed by atoms with van der Waals surface area (Å²) in [6.07, 6.45) is 1.52. The van der Waals surface area contributed by atoms with Gasteiger partial charge in [-0.1, -0.05) is 0 Å². The van der Waals surface area contributed by atoms with Crippen molar-refractivity contribution in [3.63, 3.8) is 0 Å². The highest BCUT2D eigenvalue weighted by molar-refractivity contribution is 6.09. The molecule has 0 aliphatic rings. The molecule has 162 valence electrons. The van der Waals surface area contributed by atoms with Crippen LogP contribution < -0.4 is 5.32 Å². The molecule has 0 saturated heterocycles. The summed E-state index contributed by atoms with van der Waals surface area (Å²) in [6.45, 7) is 5.85. The minimum atomic E-state index is -0.581. The summed E-state index contributed by atoms with van der Waals surface area (Å²) in [4.78, 5) is 24.4. The Bertz CT molecular complexity index is 1220. The van der Waals surface area contributed by atoms with Crippen LogP contribution in [0.5, 0.6) is 0 Å². The van der Waals surface area contributed by atoms with Crippen LogP contribution in [0, 0.1) is 31.0 Å². The Morgan fingerprint density at radius 1 is 1.12 bits per heavy atom. The van der Waals surface area contributed by atoms with Crippen molar-refractivity contribution >= 4 is 23.6 Å². The zero-order chi connectivity index (χ0) is 23.3. The molecule has 7 heteroatoms. The third kappa shape index (κ3) is 4.93. The number of anilines is 1. The van der Waals surface area contributed by atoms with Crippen LogP contribution in [0.25, 0.3) is 11.8 Å². The second-order valence-corrected chi connectivity index (χ2v) is 7.06. The van der Waals surface area contributed by atoms with E-state index in [2.05, 4.69) is 5.32 Å². The number of amides is 1. The smallest absolute Gasteiger partial charge is 0.338 e. The Morgan fingerprint density at radius 3 is 2.38 bits per heavy atom. The van der Waals surface area contributed by atoms with Crippen LogP contribution in [0.4, 0.5) is 10.1 Å². The second-order valence-electron chi connectivity index (χ2n) is 7.06. The highest BCUT2D eigenvalue weighted by Gasteiger charge is 2.15. The highest BCUT2D eigenvalue weighted by Crippen LogP contribution is 2.24. The molecule has 0 spiro atoms. The van der Waals surface area contributed by atoms with Gasteiger partial charge in [0, 0.05) is 22.8 Å². The number of hydrogen-bond acceptors (Lipinski definition) is 4. The van der Waals surface area contributed by atoms with Crippen LogP contribution in [0.2, 0.25) is 0 Å². The second kappa shape index (κ2) is 9.75. The first kappa shape index (κ1) is 22.5. The fourth-order valence-electron chi connectivity index (χ4n) is 3.33. The van der Waals surface area contributed by atoms with E-state index >= 15 is 0 Å². The molecular weight excluding hydrogens is 409 g/mol. The molecule has 6 nitrogen and oxygen atoms in total. The Hall–Kier alpha value is -4.18. The van der Waals surface area contributed by atoms with E-state index in [0.29, 0.717) is 23.4 Å². The maximum atomic E-state index is 13.1. The molecule has 0 bridgehead atoms. The van der Waals surface area contributed by atoms with Crippen LogP contribution in [0.15, 0.2) is 60.2 Å². The summed E-state index contributed by atoms with van der Waals surface area (Å²) < 4.78 is 20.0. The van der Waals surface area contributed by atoms with Gasteiger partial charge in [-0.25, -0.2) is 9.18 Å². The fourth-order valence-corrected chi connectivity index (χ4v) is 3.33. The van der Waals surface area contributed by atoms with Crippen molar-refractivity contribution in [1.29, 1.82) is 5.26 Å². The van der Waals surface area contributed by atoms with Gasteiger partial charge in [0.15, 0.2) is 0 Å². The molecule has 1 aromatic heterocycles.